The number of benzene rings is 1. The molecule has 0 fully saturated rings. The lowest BCUT2D eigenvalue weighted by molar-refractivity contribution is 0.722. The Balaban J connectivity index is 3.10. The zero-order valence-electron chi connectivity index (χ0n) is 9.57. The molecule has 0 aliphatic heterocycles. The first-order valence-electron chi connectivity index (χ1n) is 5.17. The summed E-state index contributed by atoms with van der Waals surface area (Å²) >= 11 is 3.50. The molecule has 3 heteroatoms. The Kier molecular flexibility index (Phi) is 4.57. The zero-order valence-corrected chi connectivity index (χ0v) is 11.2. The van der Waals surface area contributed by atoms with E-state index in [1.807, 2.05) is 24.3 Å². The van der Waals surface area contributed by atoms with Crippen LogP contribution in [0.2, 0.25) is 0 Å². The topological polar surface area (TPSA) is 27.0 Å². The van der Waals surface area contributed by atoms with E-state index in [0.717, 1.165) is 16.7 Å². The summed E-state index contributed by atoms with van der Waals surface area (Å²) in [5.41, 5.74) is 1.76. The first-order chi connectivity index (χ1) is 7.60. The molecule has 1 aromatic rings. The molecule has 2 nitrogen and oxygen atoms in total. The van der Waals surface area contributed by atoms with E-state index < -0.39 is 0 Å². The van der Waals surface area contributed by atoms with Crippen molar-refractivity contribution >= 4 is 21.6 Å². The molecule has 0 saturated carbocycles. The molecule has 1 aromatic carbocycles. The molecule has 0 saturated heterocycles. The van der Waals surface area contributed by atoms with Crippen molar-refractivity contribution < 1.29 is 0 Å². The number of rotatable bonds is 4. The average molecular weight is 279 g/mol. The third-order valence-corrected chi connectivity index (χ3v) is 2.97. The summed E-state index contributed by atoms with van der Waals surface area (Å²) in [4.78, 5) is 2.22. The highest BCUT2D eigenvalue weighted by atomic mass is 79.9. The van der Waals surface area contributed by atoms with Gasteiger partial charge in [0.25, 0.3) is 0 Å². The number of nitrogens with zero attached hydrogens (tertiary/aromatic N) is 2. The smallest absolute Gasteiger partial charge is 0.0992 e. The van der Waals surface area contributed by atoms with Crippen molar-refractivity contribution in [3.05, 3.63) is 40.9 Å². The molecule has 0 heterocycles. The van der Waals surface area contributed by atoms with Gasteiger partial charge in [0.1, 0.15) is 0 Å². The van der Waals surface area contributed by atoms with Gasteiger partial charge in [-0.1, -0.05) is 6.08 Å². The molecule has 0 aliphatic rings. The van der Waals surface area contributed by atoms with Crippen LogP contribution in [0, 0.1) is 11.3 Å². The van der Waals surface area contributed by atoms with Gasteiger partial charge < -0.3 is 4.90 Å². The van der Waals surface area contributed by atoms with Crippen LogP contribution in [0.5, 0.6) is 0 Å². The summed E-state index contributed by atoms with van der Waals surface area (Å²) in [6.07, 6.45) is 1.88. The zero-order chi connectivity index (χ0) is 12.1. The predicted octanol–water partition coefficient (Wildman–Crippen LogP) is 3.72. The van der Waals surface area contributed by atoms with Crippen LogP contribution >= 0.6 is 15.9 Å². The molecule has 0 N–H and O–H groups in total. The number of nitriles is 1. The maximum absolute atomic E-state index is 8.80. The van der Waals surface area contributed by atoms with E-state index in [0.29, 0.717) is 11.6 Å². The molecule has 0 spiro atoms. The van der Waals surface area contributed by atoms with Crippen molar-refractivity contribution in [2.24, 2.45) is 0 Å². The van der Waals surface area contributed by atoms with Gasteiger partial charge in [0, 0.05) is 17.1 Å². The normalized spacial score (nSPS) is 9.94. The molecule has 0 aliphatic carbocycles. The predicted molar refractivity (Wildman–Crippen MR) is 71.5 cm³/mol. The lowest BCUT2D eigenvalue weighted by Crippen LogP contribution is -2.31. The third kappa shape index (κ3) is 2.86. The molecule has 1 rings (SSSR count). The average Bonchev–Trinajstić information content (AvgIpc) is 2.26. The number of hydrogen-bond donors (Lipinski definition) is 0. The Hall–Kier alpha value is -1.27. The van der Waals surface area contributed by atoms with E-state index in [-0.39, 0.29) is 0 Å². The van der Waals surface area contributed by atoms with Gasteiger partial charge >= 0.3 is 0 Å². The highest BCUT2D eigenvalue weighted by Gasteiger charge is 2.12. The van der Waals surface area contributed by atoms with Crippen LogP contribution in [0.25, 0.3) is 0 Å². The van der Waals surface area contributed by atoms with Crippen LogP contribution in [0.15, 0.2) is 35.3 Å². The Bertz CT molecular complexity index is 418. The van der Waals surface area contributed by atoms with E-state index in [1.54, 1.807) is 0 Å². The van der Waals surface area contributed by atoms with E-state index >= 15 is 0 Å². The van der Waals surface area contributed by atoms with Gasteiger partial charge in [-0.3, -0.25) is 0 Å². The molecular formula is C13H15BrN2. The van der Waals surface area contributed by atoms with Crippen LogP contribution in [0.4, 0.5) is 5.69 Å². The van der Waals surface area contributed by atoms with Gasteiger partial charge in [0.2, 0.25) is 0 Å². The SMILES string of the molecule is C=CCN(c1ccc(C#N)cc1Br)C(C)C. The second kappa shape index (κ2) is 5.72. The lowest BCUT2D eigenvalue weighted by Gasteiger charge is -2.28. The quantitative estimate of drug-likeness (QED) is 0.785. The Morgan fingerprint density at radius 3 is 2.69 bits per heavy atom. The van der Waals surface area contributed by atoms with Crippen molar-refractivity contribution in [2.45, 2.75) is 19.9 Å². The molecule has 84 valence electrons. The van der Waals surface area contributed by atoms with Gasteiger partial charge in [-0.2, -0.15) is 5.26 Å². The highest BCUT2D eigenvalue weighted by Crippen LogP contribution is 2.28. The number of halogens is 1. The summed E-state index contributed by atoms with van der Waals surface area (Å²) in [5, 5.41) is 8.80. The molecular weight excluding hydrogens is 264 g/mol. The minimum atomic E-state index is 0.391. The summed E-state index contributed by atoms with van der Waals surface area (Å²) in [5.74, 6) is 0. The van der Waals surface area contributed by atoms with Crippen molar-refractivity contribution in [2.75, 3.05) is 11.4 Å². The van der Waals surface area contributed by atoms with Gasteiger partial charge in [-0.15, -0.1) is 6.58 Å². The molecule has 0 unspecified atom stereocenters. The largest absolute Gasteiger partial charge is 0.364 e. The first kappa shape index (κ1) is 12.8. The fraction of sp³-hybridized carbons (Fsp3) is 0.308. The van der Waals surface area contributed by atoms with E-state index in [1.165, 1.54) is 0 Å². The van der Waals surface area contributed by atoms with Crippen molar-refractivity contribution in [3.63, 3.8) is 0 Å². The molecule has 0 amide bonds. The molecule has 0 atom stereocenters. The van der Waals surface area contributed by atoms with Gasteiger partial charge in [0.05, 0.1) is 17.3 Å². The van der Waals surface area contributed by atoms with Crippen molar-refractivity contribution in [3.8, 4) is 6.07 Å². The van der Waals surface area contributed by atoms with Crippen LogP contribution < -0.4 is 4.90 Å². The minimum Gasteiger partial charge on any atom is -0.364 e. The first-order valence-corrected chi connectivity index (χ1v) is 5.96. The van der Waals surface area contributed by atoms with E-state index in [2.05, 4.69) is 47.3 Å². The fourth-order valence-corrected chi connectivity index (χ4v) is 2.14. The van der Waals surface area contributed by atoms with Crippen LogP contribution in [-0.2, 0) is 0 Å². The fourth-order valence-electron chi connectivity index (χ4n) is 1.54. The van der Waals surface area contributed by atoms with Crippen LogP contribution in [0.1, 0.15) is 19.4 Å². The van der Waals surface area contributed by atoms with Crippen LogP contribution in [0.3, 0.4) is 0 Å². The summed E-state index contributed by atoms with van der Waals surface area (Å²) in [6, 6.07) is 8.15. The van der Waals surface area contributed by atoms with Gasteiger partial charge in [-0.05, 0) is 48.0 Å². The van der Waals surface area contributed by atoms with Crippen LogP contribution in [-0.4, -0.2) is 12.6 Å². The summed E-state index contributed by atoms with van der Waals surface area (Å²) in [7, 11) is 0. The third-order valence-electron chi connectivity index (χ3n) is 2.34. The standard InChI is InChI=1S/C13H15BrN2/c1-4-7-16(10(2)3)13-6-5-11(9-15)8-12(13)14/h4-6,8,10H,1,7H2,2-3H3. The van der Waals surface area contributed by atoms with Crippen molar-refractivity contribution in [1.82, 2.24) is 0 Å². The van der Waals surface area contributed by atoms with Gasteiger partial charge in [-0.25, -0.2) is 0 Å². The Morgan fingerprint density at radius 1 is 1.56 bits per heavy atom. The molecule has 0 bridgehead atoms. The molecule has 0 aromatic heterocycles. The van der Waals surface area contributed by atoms with Gasteiger partial charge in [0.15, 0.2) is 0 Å². The Morgan fingerprint density at radius 2 is 2.25 bits per heavy atom. The Labute approximate surface area is 105 Å². The van der Waals surface area contributed by atoms with E-state index in [4.69, 9.17) is 5.26 Å². The van der Waals surface area contributed by atoms with Crippen molar-refractivity contribution in [1.29, 1.82) is 5.26 Å². The molecule has 16 heavy (non-hydrogen) atoms. The number of anilines is 1. The summed E-state index contributed by atoms with van der Waals surface area (Å²) < 4.78 is 0.946. The highest BCUT2D eigenvalue weighted by molar-refractivity contribution is 9.10. The van der Waals surface area contributed by atoms with E-state index in [9.17, 15) is 0 Å². The summed E-state index contributed by atoms with van der Waals surface area (Å²) in [6.45, 7) is 8.82. The second-order valence-corrected chi connectivity index (χ2v) is 4.67. The minimum absolute atomic E-state index is 0.391. The number of hydrogen-bond acceptors (Lipinski definition) is 2. The molecule has 0 radical (unpaired) electrons. The maximum Gasteiger partial charge on any atom is 0.0992 e. The second-order valence-electron chi connectivity index (χ2n) is 3.81. The lowest BCUT2D eigenvalue weighted by atomic mass is 10.2. The monoisotopic (exact) mass is 278 g/mol. The maximum atomic E-state index is 8.80.